The number of ether oxygens (including phenoxy) is 3. The largest absolute Gasteiger partial charge is 0.497 e. The van der Waals surface area contributed by atoms with E-state index in [2.05, 4.69) is 15.4 Å². The molecule has 1 aliphatic heterocycles. The van der Waals surface area contributed by atoms with E-state index in [4.69, 9.17) is 25.1 Å². The summed E-state index contributed by atoms with van der Waals surface area (Å²) in [6.45, 7) is -1.43. The molecule has 1 aliphatic rings. The number of carbonyl (C=O) groups is 1. The summed E-state index contributed by atoms with van der Waals surface area (Å²) in [6.07, 6.45) is -1.35. The standard InChI is InChI=1S/C41H42N8O11S3/c1-58-29-13-7-26(8-14-29)21-48(22-27-9-15-30(59-2)16-10-27)63(56,57)39-36(61(52,53)32-24-47(25-32)41(50)51)20-19-33(34-5-4-6-35(38(34)42)62(43,54)55)37(39)40-44-46-49(45-40)23-28-11-17-31(60-3)18-12-28/h4-20,32H,21-25,42H2,1-3H3,(H,50,51)(H2,43,54,55). The second kappa shape index (κ2) is 17.6. The van der Waals surface area contributed by atoms with Crippen LogP contribution >= 0.6 is 0 Å². The number of aromatic nitrogens is 4. The van der Waals surface area contributed by atoms with Crippen molar-refractivity contribution in [1.29, 1.82) is 0 Å². The Balaban J connectivity index is 1.52. The Morgan fingerprint density at radius 3 is 1.75 bits per heavy atom. The number of sulfonamides is 2. The number of benzene rings is 5. The van der Waals surface area contributed by atoms with Crippen LogP contribution in [0.3, 0.4) is 0 Å². The zero-order valence-electron chi connectivity index (χ0n) is 34.0. The van der Waals surface area contributed by atoms with E-state index in [-0.39, 0.29) is 47.8 Å². The molecule has 63 heavy (non-hydrogen) atoms. The van der Waals surface area contributed by atoms with Gasteiger partial charge in [0, 0.05) is 31.7 Å². The van der Waals surface area contributed by atoms with Crippen LogP contribution in [0.25, 0.3) is 22.5 Å². The number of para-hydroxylation sites is 1. The maximum atomic E-state index is 15.9. The van der Waals surface area contributed by atoms with E-state index in [1.807, 2.05) is 0 Å². The molecule has 0 atom stereocenters. The van der Waals surface area contributed by atoms with Gasteiger partial charge in [0.05, 0.1) is 44.0 Å². The molecular weight excluding hydrogens is 877 g/mol. The maximum absolute atomic E-state index is 15.9. The molecule has 1 amide bonds. The molecule has 7 rings (SSSR count). The summed E-state index contributed by atoms with van der Waals surface area (Å²) < 4.78 is 104. The molecule has 5 N–H and O–H groups in total. The fourth-order valence-corrected chi connectivity index (χ4v) is 11.8. The molecule has 330 valence electrons. The van der Waals surface area contributed by atoms with Crippen LogP contribution in [0.15, 0.2) is 118 Å². The third-order valence-corrected chi connectivity index (χ3v) is 15.5. The van der Waals surface area contributed by atoms with Gasteiger partial charge in [-0.1, -0.05) is 54.6 Å². The molecule has 5 aromatic carbocycles. The second-order valence-corrected chi connectivity index (χ2v) is 20.0. The first-order valence-corrected chi connectivity index (χ1v) is 23.5. The number of carboxylic acid groups (broad SMARTS) is 1. The Bertz CT molecular complexity index is 2950. The van der Waals surface area contributed by atoms with E-state index < -0.39 is 69.0 Å². The van der Waals surface area contributed by atoms with Crippen molar-refractivity contribution in [3.05, 3.63) is 120 Å². The normalized spacial score (nSPS) is 13.4. The van der Waals surface area contributed by atoms with Crippen molar-refractivity contribution in [3.63, 3.8) is 0 Å². The maximum Gasteiger partial charge on any atom is 0.407 e. The first kappa shape index (κ1) is 44.5. The number of nitrogens with two attached hydrogens (primary N) is 2. The first-order valence-electron chi connectivity index (χ1n) is 18.9. The number of hydrogen-bond acceptors (Lipinski definition) is 14. The number of methoxy groups -OCH3 is 3. The van der Waals surface area contributed by atoms with Crippen LogP contribution in [-0.2, 0) is 49.5 Å². The third kappa shape index (κ3) is 9.15. The molecule has 6 aromatic rings. The average molecular weight is 919 g/mol. The van der Waals surface area contributed by atoms with Crippen LogP contribution in [0.1, 0.15) is 16.7 Å². The monoisotopic (exact) mass is 918 g/mol. The molecule has 19 nitrogen and oxygen atoms in total. The molecular formula is C41H42N8O11S3. The van der Waals surface area contributed by atoms with Gasteiger partial charge < -0.3 is 30.0 Å². The van der Waals surface area contributed by atoms with E-state index in [1.54, 1.807) is 72.8 Å². The summed E-state index contributed by atoms with van der Waals surface area (Å²) in [7, 11) is -9.70. The van der Waals surface area contributed by atoms with Gasteiger partial charge in [0.25, 0.3) is 0 Å². The van der Waals surface area contributed by atoms with Gasteiger partial charge in [-0.3, -0.25) is 0 Å². The van der Waals surface area contributed by atoms with Crippen molar-refractivity contribution in [3.8, 4) is 39.8 Å². The summed E-state index contributed by atoms with van der Waals surface area (Å²) in [4.78, 5) is 11.9. The van der Waals surface area contributed by atoms with Crippen LogP contribution in [0.5, 0.6) is 17.2 Å². The number of rotatable bonds is 16. The molecule has 2 heterocycles. The van der Waals surface area contributed by atoms with Gasteiger partial charge >= 0.3 is 6.09 Å². The van der Waals surface area contributed by atoms with Gasteiger partial charge in [0.2, 0.25) is 25.9 Å². The topological polar surface area (TPSA) is 270 Å². The summed E-state index contributed by atoms with van der Waals surface area (Å²) in [5, 5.41) is 26.8. The van der Waals surface area contributed by atoms with Crippen LogP contribution in [0.2, 0.25) is 0 Å². The second-order valence-electron chi connectivity index (χ2n) is 14.4. The summed E-state index contributed by atoms with van der Waals surface area (Å²) >= 11 is 0. The quantitative estimate of drug-likeness (QED) is 0.116. The minimum absolute atomic E-state index is 0.0314. The summed E-state index contributed by atoms with van der Waals surface area (Å²) in [5.74, 6) is 1.25. The highest BCUT2D eigenvalue weighted by atomic mass is 32.2. The minimum Gasteiger partial charge on any atom is -0.497 e. The number of hydrogen-bond donors (Lipinski definition) is 3. The lowest BCUT2D eigenvalue weighted by Crippen LogP contribution is -2.56. The van der Waals surface area contributed by atoms with Crippen molar-refractivity contribution < 1.29 is 49.4 Å². The number of tetrazole rings is 1. The number of nitrogens with zero attached hydrogens (tertiary/aromatic N) is 6. The van der Waals surface area contributed by atoms with Gasteiger partial charge in [0.1, 0.15) is 32.3 Å². The lowest BCUT2D eigenvalue weighted by atomic mass is 9.97. The number of sulfone groups is 1. The Labute approximate surface area is 363 Å². The fourth-order valence-electron chi connectivity index (χ4n) is 7.02. The number of anilines is 1. The van der Waals surface area contributed by atoms with Crippen molar-refractivity contribution in [1.82, 2.24) is 29.4 Å². The molecule has 0 bridgehead atoms. The minimum atomic E-state index is -5.06. The first-order chi connectivity index (χ1) is 29.9. The van der Waals surface area contributed by atoms with Crippen molar-refractivity contribution in [2.75, 3.05) is 40.2 Å². The highest BCUT2D eigenvalue weighted by Gasteiger charge is 2.45. The number of amides is 1. The molecule has 1 aromatic heterocycles. The Morgan fingerprint density at radius 2 is 1.25 bits per heavy atom. The highest BCUT2D eigenvalue weighted by molar-refractivity contribution is 7.94. The van der Waals surface area contributed by atoms with Gasteiger partial charge in [-0.2, -0.15) is 9.10 Å². The average Bonchev–Trinajstić information content (AvgIpc) is 3.70. The zero-order valence-corrected chi connectivity index (χ0v) is 36.5. The molecule has 1 fully saturated rings. The Hall–Kier alpha value is -6.59. The van der Waals surface area contributed by atoms with Gasteiger partial charge in [-0.05, 0) is 76.0 Å². The van der Waals surface area contributed by atoms with E-state index in [1.165, 1.54) is 50.4 Å². The van der Waals surface area contributed by atoms with Gasteiger partial charge in [0.15, 0.2) is 9.84 Å². The van der Waals surface area contributed by atoms with E-state index in [9.17, 15) is 26.7 Å². The van der Waals surface area contributed by atoms with Gasteiger partial charge in [-0.15, -0.1) is 10.2 Å². The molecule has 0 aliphatic carbocycles. The van der Waals surface area contributed by atoms with Crippen molar-refractivity contribution >= 4 is 41.7 Å². The smallest absolute Gasteiger partial charge is 0.407 e. The number of primary sulfonamides is 1. The summed E-state index contributed by atoms with van der Waals surface area (Å²) in [5.41, 5.74) is 7.35. The van der Waals surface area contributed by atoms with Gasteiger partial charge in [-0.25, -0.2) is 35.2 Å². The molecule has 0 unspecified atom stereocenters. The molecule has 0 radical (unpaired) electrons. The van der Waals surface area contributed by atoms with E-state index in [0.29, 0.717) is 33.9 Å². The van der Waals surface area contributed by atoms with Crippen molar-refractivity contribution in [2.45, 2.75) is 39.6 Å². The molecule has 0 saturated carbocycles. The third-order valence-electron chi connectivity index (χ3n) is 10.4. The Morgan fingerprint density at radius 1 is 0.730 bits per heavy atom. The predicted molar refractivity (Wildman–Crippen MR) is 230 cm³/mol. The van der Waals surface area contributed by atoms with Crippen LogP contribution in [0.4, 0.5) is 10.5 Å². The zero-order chi connectivity index (χ0) is 45.3. The van der Waals surface area contributed by atoms with E-state index in [0.717, 1.165) is 15.3 Å². The molecule has 1 saturated heterocycles. The SMILES string of the molecule is COc1ccc(CN(Cc2ccc(OC)cc2)S(=O)(=O)c2c(S(=O)(=O)C3CN(C(=O)O)C3)ccc(-c3cccc(S(N)(=O)=O)c3N)c2-c2nnn(Cc3ccc(OC)cc3)n2)cc1. The molecule has 0 spiro atoms. The van der Waals surface area contributed by atoms with Crippen molar-refractivity contribution in [2.24, 2.45) is 5.14 Å². The van der Waals surface area contributed by atoms with Crippen LogP contribution in [0, 0.1) is 0 Å². The number of nitrogen functional groups attached to an aromatic ring is 1. The number of likely N-dealkylation sites (tertiary alicyclic amines) is 1. The van der Waals surface area contributed by atoms with Crippen LogP contribution in [-0.4, -0.2) is 106 Å². The fraction of sp³-hybridized carbons (Fsp3) is 0.220. The van der Waals surface area contributed by atoms with E-state index >= 15 is 8.42 Å². The predicted octanol–water partition coefficient (Wildman–Crippen LogP) is 3.84. The Kier molecular flexibility index (Phi) is 12.5. The highest BCUT2D eigenvalue weighted by Crippen LogP contribution is 2.45. The summed E-state index contributed by atoms with van der Waals surface area (Å²) in [6, 6.07) is 26.4. The molecule has 22 heteroatoms. The lowest BCUT2D eigenvalue weighted by molar-refractivity contribution is 0.119. The van der Waals surface area contributed by atoms with Crippen LogP contribution < -0.4 is 25.1 Å². The lowest BCUT2D eigenvalue weighted by Gasteiger charge is -2.37.